The second-order valence-corrected chi connectivity index (χ2v) is 9.35. The molecule has 1 fully saturated rings. The van der Waals surface area contributed by atoms with Crippen LogP contribution in [0.5, 0.6) is 0 Å². The van der Waals surface area contributed by atoms with Crippen molar-refractivity contribution < 1.29 is 4.79 Å². The van der Waals surface area contributed by atoms with E-state index in [1.165, 1.54) is 11.8 Å². The van der Waals surface area contributed by atoms with Crippen LogP contribution in [0.1, 0.15) is 38.3 Å². The van der Waals surface area contributed by atoms with Crippen LogP contribution in [0.2, 0.25) is 5.02 Å². The van der Waals surface area contributed by atoms with E-state index in [4.69, 9.17) is 23.8 Å². The minimum atomic E-state index is 0.0113. The first-order valence-corrected chi connectivity index (χ1v) is 11.1. The predicted octanol–water partition coefficient (Wildman–Crippen LogP) is 6.95. The normalized spacial score (nSPS) is 18.0. The summed E-state index contributed by atoms with van der Waals surface area (Å²) in [6.45, 7) is 8.36. The van der Waals surface area contributed by atoms with Crippen LogP contribution in [0.25, 0.3) is 17.2 Å². The van der Waals surface area contributed by atoms with Crippen LogP contribution in [0.15, 0.2) is 47.4 Å². The van der Waals surface area contributed by atoms with Crippen LogP contribution in [-0.4, -0.2) is 21.2 Å². The van der Waals surface area contributed by atoms with Crippen LogP contribution in [0, 0.1) is 12.8 Å². The number of carbonyl (C=O) groups is 1. The Balaban J connectivity index is 1.81. The van der Waals surface area contributed by atoms with E-state index in [1.807, 2.05) is 37.3 Å². The molecule has 28 heavy (non-hydrogen) atoms. The molecule has 5 heteroatoms. The number of halogens is 1. The molecule has 2 nitrogen and oxygen atoms in total. The smallest absolute Gasteiger partial charge is 0.266 e. The monoisotopic (exact) mass is 429 g/mol. The van der Waals surface area contributed by atoms with Crippen LogP contribution >= 0.6 is 35.6 Å². The number of carbonyl (C=O) groups excluding carboxylic acids is 1. The molecule has 1 heterocycles. The molecule has 0 aromatic heterocycles. The highest BCUT2D eigenvalue weighted by molar-refractivity contribution is 8.26. The third-order valence-electron chi connectivity index (χ3n) is 5.41. The molecule has 0 saturated carbocycles. The lowest BCUT2D eigenvalue weighted by Gasteiger charge is -2.27. The Morgan fingerprint density at radius 1 is 1.14 bits per heavy atom. The van der Waals surface area contributed by atoms with Gasteiger partial charge < -0.3 is 0 Å². The van der Waals surface area contributed by atoms with E-state index in [0.29, 0.717) is 15.1 Å². The number of hydrogen-bond donors (Lipinski definition) is 0. The largest absolute Gasteiger partial charge is 0.290 e. The highest BCUT2D eigenvalue weighted by Crippen LogP contribution is 2.36. The molecule has 3 rings (SSSR count). The van der Waals surface area contributed by atoms with Crippen molar-refractivity contribution in [1.29, 1.82) is 0 Å². The van der Waals surface area contributed by atoms with Gasteiger partial charge in [0.05, 0.1) is 4.91 Å². The van der Waals surface area contributed by atoms with Crippen LogP contribution in [0.3, 0.4) is 0 Å². The lowest BCUT2D eigenvalue weighted by atomic mass is 9.99. The van der Waals surface area contributed by atoms with Crippen molar-refractivity contribution in [2.75, 3.05) is 0 Å². The summed E-state index contributed by atoms with van der Waals surface area (Å²) in [5.74, 6) is 0.416. The van der Waals surface area contributed by atoms with Crippen LogP contribution < -0.4 is 0 Å². The molecule has 2 atom stereocenters. The molecule has 2 aromatic carbocycles. The van der Waals surface area contributed by atoms with Crippen LogP contribution in [0.4, 0.5) is 0 Å². The van der Waals surface area contributed by atoms with Crippen molar-refractivity contribution in [3.8, 4) is 11.1 Å². The zero-order chi connectivity index (χ0) is 20.4. The molecule has 0 spiro atoms. The van der Waals surface area contributed by atoms with Gasteiger partial charge in [0.15, 0.2) is 0 Å². The van der Waals surface area contributed by atoms with Gasteiger partial charge in [-0.1, -0.05) is 92.2 Å². The van der Waals surface area contributed by atoms with E-state index in [0.717, 1.165) is 33.7 Å². The lowest BCUT2D eigenvalue weighted by molar-refractivity contribution is -0.124. The fraction of sp³-hybridized carbons (Fsp3) is 0.304. The summed E-state index contributed by atoms with van der Waals surface area (Å²) in [6.07, 6.45) is 2.94. The van der Waals surface area contributed by atoms with Gasteiger partial charge in [0.2, 0.25) is 0 Å². The van der Waals surface area contributed by atoms with Gasteiger partial charge in [-0.2, -0.15) is 0 Å². The second kappa shape index (κ2) is 8.81. The number of amides is 1. The van der Waals surface area contributed by atoms with E-state index in [2.05, 4.69) is 39.0 Å². The second-order valence-electron chi connectivity index (χ2n) is 7.26. The van der Waals surface area contributed by atoms with Crippen molar-refractivity contribution in [3.05, 3.63) is 63.5 Å². The van der Waals surface area contributed by atoms with Gasteiger partial charge in [-0.05, 0) is 54.2 Å². The van der Waals surface area contributed by atoms with Crippen molar-refractivity contribution in [2.24, 2.45) is 5.92 Å². The first-order chi connectivity index (χ1) is 13.3. The Bertz CT molecular complexity index is 936. The van der Waals surface area contributed by atoms with Crippen molar-refractivity contribution in [2.45, 2.75) is 40.2 Å². The molecular formula is C23H24ClNOS2. The SMILES string of the molecule is CC[C@H](C)[C@@H](C)N1C(=O)/C(=C/c2ccc(-c3ccc(C)c(Cl)c3)cc2)SC1=S. The van der Waals surface area contributed by atoms with Gasteiger partial charge in [0.25, 0.3) is 5.91 Å². The predicted molar refractivity (Wildman–Crippen MR) is 126 cm³/mol. The van der Waals surface area contributed by atoms with Crippen molar-refractivity contribution in [1.82, 2.24) is 4.90 Å². The van der Waals surface area contributed by atoms with Gasteiger partial charge >= 0.3 is 0 Å². The molecule has 1 aliphatic rings. The quantitative estimate of drug-likeness (QED) is 0.378. The summed E-state index contributed by atoms with van der Waals surface area (Å²) < 4.78 is 0.648. The molecule has 0 N–H and O–H groups in total. The Morgan fingerprint density at radius 2 is 1.79 bits per heavy atom. The molecule has 1 saturated heterocycles. The summed E-state index contributed by atoms with van der Waals surface area (Å²) in [5, 5.41) is 0.765. The van der Waals surface area contributed by atoms with E-state index in [9.17, 15) is 4.79 Å². The average molecular weight is 430 g/mol. The third kappa shape index (κ3) is 4.35. The molecule has 1 aliphatic heterocycles. The minimum absolute atomic E-state index is 0.0113. The number of rotatable bonds is 5. The number of hydrogen-bond acceptors (Lipinski definition) is 3. The van der Waals surface area contributed by atoms with Gasteiger partial charge in [-0.3, -0.25) is 9.69 Å². The Morgan fingerprint density at radius 3 is 2.39 bits per heavy atom. The molecular weight excluding hydrogens is 406 g/mol. The molecule has 2 aromatic rings. The third-order valence-corrected chi connectivity index (χ3v) is 7.15. The first kappa shape index (κ1) is 21.1. The maximum absolute atomic E-state index is 12.9. The molecule has 0 aliphatic carbocycles. The van der Waals surface area contributed by atoms with Gasteiger partial charge in [0, 0.05) is 11.1 Å². The standard InChI is InChI=1S/C23H24ClNOS2/c1-5-14(2)16(4)25-22(26)21(28-23(25)27)12-17-7-10-18(11-8-17)19-9-6-15(3)20(24)13-19/h6-14,16H,5H2,1-4H3/b21-12-/t14-,16+/m0/s1. The topological polar surface area (TPSA) is 20.3 Å². The zero-order valence-electron chi connectivity index (χ0n) is 16.5. The highest BCUT2D eigenvalue weighted by atomic mass is 35.5. The lowest BCUT2D eigenvalue weighted by Crippen LogP contribution is -2.40. The molecule has 1 amide bonds. The molecule has 0 bridgehead atoms. The summed E-state index contributed by atoms with van der Waals surface area (Å²) in [4.78, 5) is 15.3. The number of thioether (sulfide) groups is 1. The maximum atomic E-state index is 12.9. The fourth-order valence-electron chi connectivity index (χ4n) is 3.12. The number of thiocarbonyl (C=S) groups is 1. The summed E-state index contributed by atoms with van der Waals surface area (Å²) in [5.41, 5.74) is 4.22. The molecule has 146 valence electrons. The number of benzene rings is 2. The van der Waals surface area contributed by atoms with E-state index in [1.54, 1.807) is 4.90 Å². The molecule has 0 unspecified atom stereocenters. The Hall–Kier alpha value is -1.62. The summed E-state index contributed by atoms with van der Waals surface area (Å²) >= 11 is 13.1. The van der Waals surface area contributed by atoms with Gasteiger partial charge in [0.1, 0.15) is 4.32 Å². The Labute approximate surface area is 182 Å². The van der Waals surface area contributed by atoms with Gasteiger partial charge in [-0.25, -0.2) is 0 Å². The molecule has 0 radical (unpaired) electrons. The van der Waals surface area contributed by atoms with E-state index >= 15 is 0 Å². The summed E-state index contributed by atoms with van der Waals surface area (Å²) in [7, 11) is 0. The van der Waals surface area contributed by atoms with Crippen molar-refractivity contribution >= 4 is 51.9 Å². The Kier molecular flexibility index (Phi) is 6.64. The summed E-state index contributed by atoms with van der Waals surface area (Å²) in [6, 6.07) is 14.3. The fourth-order valence-corrected chi connectivity index (χ4v) is 4.74. The maximum Gasteiger partial charge on any atom is 0.266 e. The van der Waals surface area contributed by atoms with E-state index < -0.39 is 0 Å². The van der Waals surface area contributed by atoms with E-state index in [-0.39, 0.29) is 11.9 Å². The zero-order valence-corrected chi connectivity index (χ0v) is 18.9. The van der Waals surface area contributed by atoms with Crippen LogP contribution in [-0.2, 0) is 4.79 Å². The van der Waals surface area contributed by atoms with Crippen molar-refractivity contribution in [3.63, 3.8) is 0 Å². The average Bonchev–Trinajstić information content (AvgIpc) is 2.96. The highest BCUT2D eigenvalue weighted by Gasteiger charge is 2.36. The minimum Gasteiger partial charge on any atom is -0.290 e. The number of nitrogens with zero attached hydrogens (tertiary/aromatic N) is 1. The number of aryl methyl sites for hydroxylation is 1. The van der Waals surface area contributed by atoms with Gasteiger partial charge in [-0.15, -0.1) is 0 Å². The first-order valence-electron chi connectivity index (χ1n) is 9.45.